The van der Waals surface area contributed by atoms with Gasteiger partial charge in [-0.15, -0.1) is 0 Å². The Morgan fingerprint density at radius 1 is 0.962 bits per heavy atom. The van der Waals surface area contributed by atoms with Crippen molar-refractivity contribution in [3.63, 3.8) is 0 Å². The maximum atomic E-state index is 12.7. The van der Waals surface area contributed by atoms with Gasteiger partial charge < -0.3 is 5.32 Å². The third-order valence-corrected chi connectivity index (χ3v) is 6.85. The second kappa shape index (κ2) is 7.74. The molecule has 5 nitrogen and oxygen atoms in total. The van der Waals surface area contributed by atoms with Crippen LogP contribution in [0.15, 0.2) is 41.3 Å². The number of benzene rings is 2. The number of sulfonamides is 1. The molecule has 1 amide bonds. The van der Waals surface area contributed by atoms with Crippen LogP contribution in [0.5, 0.6) is 0 Å². The highest BCUT2D eigenvalue weighted by Crippen LogP contribution is 2.29. The monoisotopic (exact) mass is 432 g/mol. The fourth-order valence-corrected chi connectivity index (χ4v) is 4.78. The van der Waals surface area contributed by atoms with E-state index in [1.807, 2.05) is 0 Å². The third kappa shape index (κ3) is 4.00. The van der Waals surface area contributed by atoms with E-state index in [0.29, 0.717) is 28.8 Å². The summed E-state index contributed by atoms with van der Waals surface area (Å²) in [7, 11) is -3.65. The summed E-state index contributed by atoms with van der Waals surface area (Å²) in [4.78, 5) is 12.6. The summed E-state index contributed by atoms with van der Waals surface area (Å²) in [5, 5.41) is 3.46. The standard InChI is InChI=1S/C17H15Cl3N2O3S/c18-11-3-5-15(20)16(9-11)21-17(23)13-10-12(4-6-14(13)19)26(24,25)22-7-1-2-8-22/h3-6,9-10H,1-2,7-8H2,(H,21,23). The predicted octanol–water partition coefficient (Wildman–Crippen LogP) is 4.68. The minimum absolute atomic E-state index is 0.0335. The van der Waals surface area contributed by atoms with Gasteiger partial charge in [0.1, 0.15) is 0 Å². The Balaban J connectivity index is 1.92. The molecule has 0 spiro atoms. The van der Waals surface area contributed by atoms with Crippen molar-refractivity contribution < 1.29 is 13.2 Å². The molecule has 1 aliphatic rings. The van der Waals surface area contributed by atoms with Crippen LogP contribution in [0.25, 0.3) is 0 Å². The normalized spacial score (nSPS) is 15.2. The van der Waals surface area contributed by atoms with Gasteiger partial charge in [-0.25, -0.2) is 8.42 Å². The Hall–Kier alpha value is -1.31. The van der Waals surface area contributed by atoms with E-state index in [4.69, 9.17) is 34.8 Å². The molecule has 1 aliphatic heterocycles. The molecule has 9 heteroatoms. The smallest absolute Gasteiger partial charge is 0.257 e. The van der Waals surface area contributed by atoms with Gasteiger partial charge in [0.2, 0.25) is 10.0 Å². The molecule has 0 unspecified atom stereocenters. The lowest BCUT2D eigenvalue weighted by Crippen LogP contribution is -2.28. The number of nitrogens with one attached hydrogen (secondary N) is 1. The van der Waals surface area contributed by atoms with Crippen LogP contribution in [-0.4, -0.2) is 31.7 Å². The molecule has 0 radical (unpaired) electrons. The van der Waals surface area contributed by atoms with Crippen LogP contribution in [0.2, 0.25) is 15.1 Å². The molecule has 0 aromatic heterocycles. The minimum atomic E-state index is -3.65. The largest absolute Gasteiger partial charge is 0.321 e. The van der Waals surface area contributed by atoms with Gasteiger partial charge in [0.15, 0.2) is 0 Å². The van der Waals surface area contributed by atoms with E-state index in [1.165, 1.54) is 28.6 Å². The minimum Gasteiger partial charge on any atom is -0.321 e. The second-order valence-electron chi connectivity index (χ2n) is 5.83. The summed E-state index contributed by atoms with van der Waals surface area (Å²) in [5.74, 6) is -0.572. The first kappa shape index (κ1) is 19.5. The lowest BCUT2D eigenvalue weighted by Gasteiger charge is -2.16. The quantitative estimate of drug-likeness (QED) is 0.761. The van der Waals surface area contributed by atoms with Gasteiger partial charge in [-0.1, -0.05) is 34.8 Å². The molecule has 0 atom stereocenters. The van der Waals surface area contributed by atoms with Crippen molar-refractivity contribution in [2.45, 2.75) is 17.7 Å². The second-order valence-corrected chi connectivity index (χ2v) is 9.02. The molecule has 0 aliphatic carbocycles. The van der Waals surface area contributed by atoms with E-state index < -0.39 is 15.9 Å². The summed E-state index contributed by atoms with van der Waals surface area (Å²) >= 11 is 18.1. The third-order valence-electron chi connectivity index (χ3n) is 4.06. The molecule has 26 heavy (non-hydrogen) atoms. The maximum absolute atomic E-state index is 12.7. The van der Waals surface area contributed by atoms with Crippen LogP contribution in [0, 0.1) is 0 Å². The molecule has 2 aromatic carbocycles. The molecular weight excluding hydrogens is 419 g/mol. The van der Waals surface area contributed by atoms with E-state index in [2.05, 4.69) is 5.32 Å². The summed E-state index contributed by atoms with van der Waals surface area (Å²) in [6.07, 6.45) is 1.65. The van der Waals surface area contributed by atoms with Crippen molar-refractivity contribution in [2.24, 2.45) is 0 Å². The van der Waals surface area contributed by atoms with Crippen molar-refractivity contribution in [3.05, 3.63) is 57.0 Å². The Labute approximate surface area is 166 Å². The van der Waals surface area contributed by atoms with Crippen molar-refractivity contribution in [1.82, 2.24) is 4.31 Å². The van der Waals surface area contributed by atoms with Gasteiger partial charge in [0, 0.05) is 18.1 Å². The number of hydrogen-bond donors (Lipinski definition) is 1. The van der Waals surface area contributed by atoms with Crippen molar-refractivity contribution in [3.8, 4) is 0 Å². The van der Waals surface area contributed by atoms with Gasteiger partial charge in [0.05, 0.1) is 26.2 Å². The first-order chi connectivity index (χ1) is 12.3. The zero-order valence-corrected chi connectivity index (χ0v) is 16.6. The number of amides is 1. The zero-order chi connectivity index (χ0) is 18.9. The molecule has 1 heterocycles. The Morgan fingerprint density at radius 2 is 1.62 bits per heavy atom. The first-order valence-corrected chi connectivity index (χ1v) is 10.4. The molecule has 2 aromatic rings. The lowest BCUT2D eigenvalue weighted by atomic mass is 10.2. The first-order valence-electron chi connectivity index (χ1n) is 7.85. The van der Waals surface area contributed by atoms with Gasteiger partial charge in [-0.2, -0.15) is 4.31 Å². The van der Waals surface area contributed by atoms with Crippen LogP contribution < -0.4 is 5.32 Å². The average Bonchev–Trinajstić information content (AvgIpc) is 3.13. The highest BCUT2D eigenvalue weighted by molar-refractivity contribution is 7.89. The molecule has 1 saturated heterocycles. The topological polar surface area (TPSA) is 66.5 Å². The molecule has 0 bridgehead atoms. The predicted molar refractivity (Wildman–Crippen MR) is 104 cm³/mol. The van der Waals surface area contributed by atoms with Gasteiger partial charge in [0.25, 0.3) is 5.91 Å². The van der Waals surface area contributed by atoms with Crippen molar-refractivity contribution >= 4 is 56.4 Å². The number of nitrogens with zero attached hydrogens (tertiary/aromatic N) is 1. The Kier molecular flexibility index (Phi) is 5.79. The molecule has 0 saturated carbocycles. The van der Waals surface area contributed by atoms with E-state index in [9.17, 15) is 13.2 Å². The van der Waals surface area contributed by atoms with Crippen LogP contribution in [-0.2, 0) is 10.0 Å². The van der Waals surface area contributed by atoms with Crippen LogP contribution in [0.3, 0.4) is 0 Å². The molecule has 138 valence electrons. The van der Waals surface area contributed by atoms with Crippen LogP contribution in [0.4, 0.5) is 5.69 Å². The van der Waals surface area contributed by atoms with Crippen molar-refractivity contribution in [2.75, 3.05) is 18.4 Å². The van der Waals surface area contributed by atoms with E-state index in [0.717, 1.165) is 12.8 Å². The molecule has 3 rings (SSSR count). The fraction of sp³-hybridized carbons (Fsp3) is 0.235. The summed E-state index contributed by atoms with van der Waals surface area (Å²) < 4.78 is 26.8. The fourth-order valence-electron chi connectivity index (χ4n) is 2.70. The maximum Gasteiger partial charge on any atom is 0.257 e. The lowest BCUT2D eigenvalue weighted by molar-refractivity contribution is 0.102. The summed E-state index contributed by atoms with van der Waals surface area (Å²) in [5.41, 5.74) is 0.357. The van der Waals surface area contributed by atoms with Gasteiger partial charge >= 0.3 is 0 Å². The summed E-state index contributed by atoms with van der Waals surface area (Å²) in [6, 6.07) is 8.73. The van der Waals surface area contributed by atoms with E-state index >= 15 is 0 Å². The van der Waals surface area contributed by atoms with Gasteiger partial charge in [-0.3, -0.25) is 4.79 Å². The Bertz CT molecular complexity index is 958. The van der Waals surface area contributed by atoms with Crippen LogP contribution >= 0.6 is 34.8 Å². The number of rotatable bonds is 4. The van der Waals surface area contributed by atoms with Crippen LogP contribution in [0.1, 0.15) is 23.2 Å². The number of halogens is 3. The zero-order valence-electron chi connectivity index (χ0n) is 13.5. The van der Waals surface area contributed by atoms with Crippen molar-refractivity contribution in [1.29, 1.82) is 0 Å². The average molecular weight is 434 g/mol. The Morgan fingerprint density at radius 3 is 2.31 bits per heavy atom. The van der Waals surface area contributed by atoms with E-state index in [-0.39, 0.29) is 15.5 Å². The highest BCUT2D eigenvalue weighted by Gasteiger charge is 2.28. The molecule has 1 fully saturated rings. The molecule has 1 N–H and O–H groups in total. The molecular formula is C17H15Cl3N2O3S. The summed E-state index contributed by atoms with van der Waals surface area (Å²) in [6.45, 7) is 0.954. The number of carbonyl (C=O) groups excluding carboxylic acids is 1. The van der Waals surface area contributed by atoms with E-state index in [1.54, 1.807) is 12.1 Å². The van der Waals surface area contributed by atoms with Gasteiger partial charge in [-0.05, 0) is 49.2 Å². The number of anilines is 1. The SMILES string of the molecule is O=C(Nc1cc(Cl)ccc1Cl)c1cc(S(=O)(=O)N2CCCC2)ccc1Cl. The number of carbonyl (C=O) groups is 1. The number of hydrogen-bond acceptors (Lipinski definition) is 3. The highest BCUT2D eigenvalue weighted by atomic mass is 35.5.